The maximum absolute atomic E-state index is 13.2. The summed E-state index contributed by atoms with van der Waals surface area (Å²) in [5, 5.41) is 7.47. The highest BCUT2D eigenvalue weighted by atomic mass is 19.4. The maximum atomic E-state index is 13.2. The first-order valence-electron chi connectivity index (χ1n) is 10.6. The predicted octanol–water partition coefficient (Wildman–Crippen LogP) is 4.54. The van der Waals surface area contributed by atoms with Gasteiger partial charge in [0.1, 0.15) is 11.5 Å². The highest BCUT2D eigenvalue weighted by Gasteiger charge is 2.48. The molecule has 0 spiro atoms. The summed E-state index contributed by atoms with van der Waals surface area (Å²) in [6.07, 6.45) is -9.27. The first-order chi connectivity index (χ1) is 16.3. The van der Waals surface area contributed by atoms with Gasteiger partial charge >= 0.3 is 12.4 Å². The van der Waals surface area contributed by atoms with Gasteiger partial charge in [-0.2, -0.15) is 26.3 Å². The molecule has 1 unspecified atom stereocenters. The van der Waals surface area contributed by atoms with Crippen molar-refractivity contribution in [2.45, 2.75) is 37.8 Å². The van der Waals surface area contributed by atoms with E-state index < -0.39 is 41.2 Å². The second-order valence-electron chi connectivity index (χ2n) is 8.19. The zero-order valence-electron chi connectivity index (χ0n) is 18.5. The standard InChI is InChI=1S/C23H23F6N3O3/c1-14(22(24,25)26)19(33)32-21(10-11-35-13-21)20(34)30-12-15-6-8-16(9-7-15)31-18-5-3-2-4-17(18)23(27,28)29/h2-9,14,31H,10-13H2,1H3,(H,30,34)(H,32,33)/t14?,21-/m0/s1. The van der Waals surface area contributed by atoms with Crippen molar-refractivity contribution in [1.29, 1.82) is 0 Å². The van der Waals surface area contributed by atoms with Crippen LogP contribution in [0.1, 0.15) is 24.5 Å². The smallest absolute Gasteiger partial charge is 0.378 e. The molecular weight excluding hydrogens is 480 g/mol. The maximum Gasteiger partial charge on any atom is 0.418 e. The van der Waals surface area contributed by atoms with Gasteiger partial charge in [0.05, 0.1) is 17.9 Å². The van der Waals surface area contributed by atoms with Crippen molar-refractivity contribution in [2.75, 3.05) is 18.5 Å². The number of amides is 2. The van der Waals surface area contributed by atoms with E-state index in [9.17, 15) is 35.9 Å². The van der Waals surface area contributed by atoms with Crippen LogP contribution in [-0.2, 0) is 27.0 Å². The molecular formula is C23H23F6N3O3. The lowest BCUT2D eigenvalue weighted by molar-refractivity contribution is -0.180. The molecule has 2 aromatic rings. The molecule has 3 rings (SSSR count). The van der Waals surface area contributed by atoms with Crippen molar-refractivity contribution in [3.05, 3.63) is 59.7 Å². The molecule has 2 aromatic carbocycles. The summed E-state index contributed by atoms with van der Waals surface area (Å²) in [7, 11) is 0. The molecule has 6 nitrogen and oxygen atoms in total. The third-order valence-electron chi connectivity index (χ3n) is 5.62. The molecule has 2 amide bonds. The molecule has 12 heteroatoms. The van der Waals surface area contributed by atoms with Gasteiger partial charge in [0.2, 0.25) is 11.8 Å². The average Bonchev–Trinajstić information content (AvgIpc) is 3.26. The van der Waals surface area contributed by atoms with Crippen LogP contribution in [0.2, 0.25) is 0 Å². The lowest BCUT2D eigenvalue weighted by Crippen LogP contribution is -2.61. The number of ether oxygens (including phenoxy) is 1. The summed E-state index contributed by atoms with van der Waals surface area (Å²) in [4.78, 5) is 24.8. The Labute approximate surface area is 197 Å². The van der Waals surface area contributed by atoms with Gasteiger partial charge in [-0.25, -0.2) is 0 Å². The van der Waals surface area contributed by atoms with Crippen LogP contribution >= 0.6 is 0 Å². The van der Waals surface area contributed by atoms with Crippen LogP contribution in [0.5, 0.6) is 0 Å². The van der Waals surface area contributed by atoms with Crippen LogP contribution in [0, 0.1) is 5.92 Å². The van der Waals surface area contributed by atoms with Gasteiger partial charge in [-0.1, -0.05) is 24.3 Å². The Morgan fingerprint density at radius 3 is 2.26 bits per heavy atom. The fourth-order valence-corrected chi connectivity index (χ4v) is 3.44. The van der Waals surface area contributed by atoms with Crippen LogP contribution in [-0.4, -0.2) is 36.7 Å². The van der Waals surface area contributed by atoms with E-state index in [1.807, 2.05) is 0 Å². The molecule has 0 bridgehead atoms. The van der Waals surface area contributed by atoms with Crippen LogP contribution in [0.4, 0.5) is 37.7 Å². The number of nitrogens with one attached hydrogen (secondary N) is 3. The first-order valence-corrected chi connectivity index (χ1v) is 10.6. The zero-order chi connectivity index (χ0) is 25.9. The van der Waals surface area contributed by atoms with E-state index in [4.69, 9.17) is 4.74 Å². The number of para-hydroxylation sites is 1. The molecule has 35 heavy (non-hydrogen) atoms. The lowest BCUT2D eigenvalue weighted by atomic mass is 9.95. The van der Waals surface area contributed by atoms with Crippen LogP contribution in [0.3, 0.4) is 0 Å². The number of carbonyl (C=O) groups is 2. The monoisotopic (exact) mass is 503 g/mol. The van der Waals surface area contributed by atoms with E-state index >= 15 is 0 Å². The minimum atomic E-state index is -4.75. The normalized spacial score (nSPS) is 19.2. The molecule has 1 aliphatic heterocycles. The number of halogens is 6. The topological polar surface area (TPSA) is 79.5 Å². The summed E-state index contributed by atoms with van der Waals surface area (Å²) >= 11 is 0. The van der Waals surface area contributed by atoms with Gasteiger partial charge in [-0.05, 0) is 36.8 Å². The molecule has 0 aromatic heterocycles. The minimum absolute atomic E-state index is 0.0105. The molecule has 1 saturated heterocycles. The number of anilines is 2. The molecule has 1 fully saturated rings. The Kier molecular flexibility index (Phi) is 7.63. The quantitative estimate of drug-likeness (QED) is 0.485. The minimum Gasteiger partial charge on any atom is -0.378 e. The second-order valence-corrected chi connectivity index (χ2v) is 8.19. The van der Waals surface area contributed by atoms with Crippen molar-refractivity contribution in [2.24, 2.45) is 5.92 Å². The van der Waals surface area contributed by atoms with Gasteiger partial charge < -0.3 is 20.7 Å². The molecule has 0 aliphatic carbocycles. The van der Waals surface area contributed by atoms with Crippen molar-refractivity contribution in [1.82, 2.24) is 10.6 Å². The Morgan fingerprint density at radius 1 is 1.03 bits per heavy atom. The first kappa shape index (κ1) is 26.3. The van der Waals surface area contributed by atoms with Crippen molar-refractivity contribution < 1.29 is 40.7 Å². The Morgan fingerprint density at radius 2 is 1.69 bits per heavy atom. The van der Waals surface area contributed by atoms with Crippen LogP contribution in [0.25, 0.3) is 0 Å². The number of hydrogen-bond donors (Lipinski definition) is 3. The number of alkyl halides is 6. The van der Waals surface area contributed by atoms with Gasteiger partial charge in [-0.3, -0.25) is 9.59 Å². The van der Waals surface area contributed by atoms with Crippen molar-refractivity contribution in [3.63, 3.8) is 0 Å². The van der Waals surface area contributed by atoms with Crippen LogP contribution < -0.4 is 16.0 Å². The summed E-state index contributed by atoms with van der Waals surface area (Å²) in [5.74, 6) is -4.32. The third kappa shape index (κ3) is 6.44. The third-order valence-corrected chi connectivity index (χ3v) is 5.62. The van der Waals surface area contributed by atoms with Gasteiger partial charge in [0, 0.05) is 25.3 Å². The molecule has 0 saturated carbocycles. The van der Waals surface area contributed by atoms with E-state index in [1.54, 1.807) is 12.1 Å². The van der Waals surface area contributed by atoms with E-state index in [0.717, 1.165) is 6.07 Å². The van der Waals surface area contributed by atoms with Crippen molar-refractivity contribution >= 4 is 23.2 Å². The molecule has 0 radical (unpaired) electrons. The van der Waals surface area contributed by atoms with E-state index in [1.165, 1.54) is 30.3 Å². The van der Waals surface area contributed by atoms with Crippen molar-refractivity contribution in [3.8, 4) is 0 Å². The van der Waals surface area contributed by atoms with Gasteiger partial charge in [0.25, 0.3) is 0 Å². The summed E-state index contributed by atoms with van der Waals surface area (Å²) in [5.41, 5.74) is -1.60. The van der Waals surface area contributed by atoms with Gasteiger partial charge in [-0.15, -0.1) is 0 Å². The fourth-order valence-electron chi connectivity index (χ4n) is 3.44. The largest absolute Gasteiger partial charge is 0.418 e. The Hall–Kier alpha value is -3.28. The zero-order valence-corrected chi connectivity index (χ0v) is 18.5. The number of hydrogen-bond acceptors (Lipinski definition) is 4. The van der Waals surface area contributed by atoms with E-state index in [2.05, 4.69) is 16.0 Å². The highest BCUT2D eigenvalue weighted by molar-refractivity contribution is 5.92. The molecule has 190 valence electrons. The Bertz CT molecular complexity index is 1050. The average molecular weight is 503 g/mol. The van der Waals surface area contributed by atoms with E-state index in [-0.39, 0.29) is 31.9 Å². The predicted molar refractivity (Wildman–Crippen MR) is 115 cm³/mol. The fraction of sp³-hybridized carbons (Fsp3) is 0.391. The molecule has 3 N–H and O–H groups in total. The number of carbonyl (C=O) groups excluding carboxylic acids is 2. The van der Waals surface area contributed by atoms with E-state index in [0.29, 0.717) is 18.2 Å². The SMILES string of the molecule is CC(C(=O)N[C@@]1(C(=O)NCc2ccc(Nc3ccccc3C(F)(F)F)cc2)CCOC1)C(F)(F)F. The lowest BCUT2D eigenvalue weighted by Gasteiger charge is -2.29. The number of benzene rings is 2. The molecule has 1 heterocycles. The van der Waals surface area contributed by atoms with Crippen LogP contribution in [0.15, 0.2) is 48.5 Å². The number of rotatable bonds is 7. The molecule has 1 aliphatic rings. The Balaban J connectivity index is 1.63. The van der Waals surface area contributed by atoms with Gasteiger partial charge in [0.15, 0.2) is 0 Å². The molecule has 2 atom stereocenters. The summed E-state index contributed by atoms with van der Waals surface area (Å²) in [6, 6.07) is 11.2. The summed E-state index contributed by atoms with van der Waals surface area (Å²) < 4.78 is 83.2. The highest BCUT2D eigenvalue weighted by Crippen LogP contribution is 2.36. The summed E-state index contributed by atoms with van der Waals surface area (Å²) in [6.45, 7) is 0.509. The second kappa shape index (κ2) is 10.1.